The molecule has 0 unspecified atom stereocenters. The molecular weight excluding hydrogens is 276 g/mol. The molecule has 0 fully saturated rings. The van der Waals surface area contributed by atoms with E-state index in [-0.39, 0.29) is 0 Å². The SMILES string of the molecule is COC(=O)c1ccc(CBr)c(OC)c1OC. The molecule has 0 spiro atoms. The van der Waals surface area contributed by atoms with Crippen LogP contribution in [0.5, 0.6) is 11.5 Å². The van der Waals surface area contributed by atoms with Crippen LogP contribution < -0.4 is 9.47 Å². The van der Waals surface area contributed by atoms with Crippen molar-refractivity contribution in [3.05, 3.63) is 23.3 Å². The third kappa shape index (κ3) is 2.29. The second kappa shape index (κ2) is 5.75. The monoisotopic (exact) mass is 288 g/mol. The average Bonchev–Trinajstić information content (AvgIpc) is 2.35. The molecule has 0 aliphatic carbocycles. The van der Waals surface area contributed by atoms with Gasteiger partial charge in [-0.15, -0.1) is 0 Å². The number of hydrogen-bond acceptors (Lipinski definition) is 4. The van der Waals surface area contributed by atoms with Gasteiger partial charge in [0.2, 0.25) is 0 Å². The Labute approximate surface area is 103 Å². The molecule has 0 radical (unpaired) electrons. The molecule has 0 heterocycles. The van der Waals surface area contributed by atoms with Crippen LogP contribution in [0.1, 0.15) is 15.9 Å². The highest BCUT2D eigenvalue weighted by molar-refractivity contribution is 9.08. The van der Waals surface area contributed by atoms with Crippen molar-refractivity contribution in [2.75, 3.05) is 21.3 Å². The fourth-order valence-corrected chi connectivity index (χ4v) is 1.85. The number of benzene rings is 1. The number of carbonyl (C=O) groups is 1. The van der Waals surface area contributed by atoms with Crippen molar-refractivity contribution in [2.45, 2.75) is 5.33 Å². The van der Waals surface area contributed by atoms with Crippen LogP contribution >= 0.6 is 15.9 Å². The Hall–Kier alpha value is -1.23. The number of alkyl halides is 1. The van der Waals surface area contributed by atoms with E-state index in [1.165, 1.54) is 21.3 Å². The van der Waals surface area contributed by atoms with Crippen molar-refractivity contribution in [3.8, 4) is 11.5 Å². The van der Waals surface area contributed by atoms with Gasteiger partial charge in [-0.3, -0.25) is 0 Å². The summed E-state index contributed by atoms with van der Waals surface area (Å²) in [7, 11) is 4.35. The summed E-state index contributed by atoms with van der Waals surface area (Å²) >= 11 is 3.34. The van der Waals surface area contributed by atoms with Crippen LogP contribution in [-0.2, 0) is 10.1 Å². The molecule has 0 N–H and O–H groups in total. The molecule has 0 saturated heterocycles. The molecule has 16 heavy (non-hydrogen) atoms. The van der Waals surface area contributed by atoms with Crippen LogP contribution in [0.2, 0.25) is 0 Å². The van der Waals surface area contributed by atoms with Gasteiger partial charge >= 0.3 is 5.97 Å². The molecule has 0 atom stereocenters. The fraction of sp³-hybridized carbons (Fsp3) is 0.364. The minimum atomic E-state index is -0.448. The Bertz CT molecular complexity index is 390. The minimum absolute atomic E-state index is 0.353. The summed E-state index contributed by atoms with van der Waals surface area (Å²) in [6.07, 6.45) is 0. The van der Waals surface area contributed by atoms with Crippen molar-refractivity contribution >= 4 is 21.9 Å². The number of hydrogen-bond donors (Lipinski definition) is 0. The zero-order valence-electron chi connectivity index (χ0n) is 9.37. The van der Waals surface area contributed by atoms with Crippen LogP contribution in [0, 0.1) is 0 Å². The van der Waals surface area contributed by atoms with Gasteiger partial charge in [0.15, 0.2) is 11.5 Å². The number of esters is 1. The third-order valence-corrected chi connectivity index (χ3v) is 2.76. The third-order valence-electron chi connectivity index (χ3n) is 2.15. The number of carbonyl (C=O) groups excluding carboxylic acids is 1. The van der Waals surface area contributed by atoms with Gasteiger partial charge in [-0.2, -0.15) is 0 Å². The highest BCUT2D eigenvalue weighted by atomic mass is 79.9. The number of rotatable bonds is 4. The lowest BCUT2D eigenvalue weighted by Gasteiger charge is -2.14. The lowest BCUT2D eigenvalue weighted by atomic mass is 10.1. The molecule has 1 aromatic rings. The van der Waals surface area contributed by atoms with E-state index in [0.29, 0.717) is 22.4 Å². The summed E-state index contributed by atoms with van der Waals surface area (Å²) in [6, 6.07) is 3.45. The molecule has 5 heteroatoms. The van der Waals surface area contributed by atoms with Gasteiger partial charge in [0, 0.05) is 10.9 Å². The van der Waals surface area contributed by atoms with Gasteiger partial charge in [0.05, 0.1) is 21.3 Å². The Morgan fingerprint density at radius 1 is 1.19 bits per heavy atom. The molecule has 0 aromatic heterocycles. The van der Waals surface area contributed by atoms with E-state index in [0.717, 1.165) is 5.56 Å². The molecule has 0 saturated carbocycles. The van der Waals surface area contributed by atoms with Crippen LogP contribution in [0.4, 0.5) is 0 Å². The van der Waals surface area contributed by atoms with Gasteiger partial charge in [0.1, 0.15) is 5.56 Å². The summed E-state index contributed by atoms with van der Waals surface area (Å²) < 4.78 is 15.1. The summed E-state index contributed by atoms with van der Waals surface area (Å²) in [5.74, 6) is 0.491. The zero-order chi connectivity index (χ0) is 12.1. The first kappa shape index (κ1) is 12.8. The fourth-order valence-electron chi connectivity index (χ4n) is 1.41. The molecule has 0 aliphatic rings. The lowest BCUT2D eigenvalue weighted by Crippen LogP contribution is -2.06. The van der Waals surface area contributed by atoms with Crippen molar-refractivity contribution in [1.29, 1.82) is 0 Å². The number of halogens is 1. The second-order valence-corrected chi connectivity index (χ2v) is 3.52. The smallest absolute Gasteiger partial charge is 0.341 e. The zero-order valence-corrected chi connectivity index (χ0v) is 11.0. The molecule has 0 aliphatic heterocycles. The predicted octanol–water partition coefficient (Wildman–Crippen LogP) is 2.39. The summed E-state index contributed by atoms with van der Waals surface area (Å²) in [5.41, 5.74) is 1.26. The highest BCUT2D eigenvalue weighted by Crippen LogP contribution is 2.36. The Morgan fingerprint density at radius 2 is 1.81 bits per heavy atom. The van der Waals surface area contributed by atoms with E-state index in [1.54, 1.807) is 12.1 Å². The van der Waals surface area contributed by atoms with Crippen LogP contribution in [0.25, 0.3) is 0 Å². The van der Waals surface area contributed by atoms with E-state index in [2.05, 4.69) is 20.7 Å². The number of methoxy groups -OCH3 is 3. The van der Waals surface area contributed by atoms with Crippen molar-refractivity contribution in [2.24, 2.45) is 0 Å². The Balaban J connectivity index is 3.37. The molecule has 1 rings (SSSR count). The van der Waals surface area contributed by atoms with Crippen molar-refractivity contribution in [3.63, 3.8) is 0 Å². The Morgan fingerprint density at radius 3 is 2.25 bits per heavy atom. The van der Waals surface area contributed by atoms with E-state index >= 15 is 0 Å². The Kier molecular flexibility index (Phi) is 4.61. The summed E-state index contributed by atoms with van der Waals surface area (Å²) in [5, 5.41) is 0.619. The van der Waals surface area contributed by atoms with Crippen LogP contribution in [0.15, 0.2) is 12.1 Å². The van der Waals surface area contributed by atoms with Crippen LogP contribution in [0.3, 0.4) is 0 Å². The topological polar surface area (TPSA) is 44.8 Å². The van der Waals surface area contributed by atoms with Gasteiger partial charge in [0.25, 0.3) is 0 Å². The molecule has 88 valence electrons. The lowest BCUT2D eigenvalue weighted by molar-refractivity contribution is 0.0596. The van der Waals surface area contributed by atoms with Gasteiger partial charge in [-0.1, -0.05) is 22.0 Å². The maximum atomic E-state index is 11.5. The second-order valence-electron chi connectivity index (χ2n) is 2.96. The standard InChI is InChI=1S/C11H13BrO4/c1-14-9-7(6-12)4-5-8(10(9)15-2)11(13)16-3/h4-5H,6H2,1-3H3. The van der Waals surface area contributed by atoms with Crippen molar-refractivity contribution in [1.82, 2.24) is 0 Å². The first-order valence-corrected chi connectivity index (χ1v) is 5.69. The van der Waals surface area contributed by atoms with E-state index in [4.69, 9.17) is 9.47 Å². The molecule has 0 amide bonds. The van der Waals surface area contributed by atoms with Gasteiger partial charge < -0.3 is 14.2 Å². The largest absolute Gasteiger partial charge is 0.493 e. The summed E-state index contributed by atoms with van der Waals surface area (Å²) in [6.45, 7) is 0. The van der Waals surface area contributed by atoms with E-state index < -0.39 is 5.97 Å². The van der Waals surface area contributed by atoms with E-state index in [1.807, 2.05) is 0 Å². The maximum absolute atomic E-state index is 11.5. The molecular formula is C11H13BrO4. The summed E-state index contributed by atoms with van der Waals surface area (Å²) in [4.78, 5) is 11.5. The molecule has 4 nitrogen and oxygen atoms in total. The average molecular weight is 289 g/mol. The highest BCUT2D eigenvalue weighted by Gasteiger charge is 2.19. The van der Waals surface area contributed by atoms with Crippen LogP contribution in [-0.4, -0.2) is 27.3 Å². The number of ether oxygens (including phenoxy) is 3. The van der Waals surface area contributed by atoms with Crippen molar-refractivity contribution < 1.29 is 19.0 Å². The predicted molar refractivity (Wildman–Crippen MR) is 63.5 cm³/mol. The first-order valence-electron chi connectivity index (χ1n) is 4.57. The molecule has 1 aromatic carbocycles. The minimum Gasteiger partial charge on any atom is -0.493 e. The maximum Gasteiger partial charge on any atom is 0.341 e. The van der Waals surface area contributed by atoms with Gasteiger partial charge in [-0.25, -0.2) is 4.79 Å². The first-order chi connectivity index (χ1) is 7.69. The normalized spacial score (nSPS) is 9.75. The molecule has 0 bridgehead atoms. The van der Waals surface area contributed by atoms with Gasteiger partial charge in [-0.05, 0) is 6.07 Å². The quantitative estimate of drug-likeness (QED) is 0.630. The van der Waals surface area contributed by atoms with E-state index in [9.17, 15) is 4.79 Å².